The van der Waals surface area contributed by atoms with Crippen molar-refractivity contribution < 1.29 is 0 Å². The topological polar surface area (TPSA) is 3.24 Å². The van der Waals surface area contributed by atoms with E-state index in [1.165, 1.54) is 12.1 Å². The zero-order chi connectivity index (χ0) is 13.3. The molecule has 0 radical (unpaired) electrons. The number of rotatable bonds is 2. The van der Waals surface area contributed by atoms with E-state index in [-0.39, 0.29) is 0 Å². The van der Waals surface area contributed by atoms with Gasteiger partial charge in [0.05, 0.1) is 0 Å². The Morgan fingerprint density at radius 2 is 2.06 bits per heavy atom. The van der Waals surface area contributed by atoms with E-state index in [1.54, 1.807) is 0 Å². The third kappa shape index (κ3) is 2.85. The molecule has 1 heterocycles. The second-order valence-electron chi connectivity index (χ2n) is 5.62. The number of nitrogens with zero attached hydrogens (tertiary/aromatic N) is 1. The van der Waals surface area contributed by atoms with Crippen LogP contribution in [0.25, 0.3) is 0 Å². The van der Waals surface area contributed by atoms with Gasteiger partial charge in [-0.3, -0.25) is 0 Å². The fraction of sp³-hybridized carbons (Fsp3) is 0.600. The standard InChI is InChI=1S/C15H21BrClN/c1-10-6-11(2)12(3)18(9-10)14-5-4-13(8-17)15(16)7-14/h4-5,7,10-12H,6,8-9H2,1-3H3. The highest BCUT2D eigenvalue weighted by Crippen LogP contribution is 2.33. The second-order valence-corrected chi connectivity index (χ2v) is 6.74. The van der Waals surface area contributed by atoms with Gasteiger partial charge in [-0.15, -0.1) is 11.6 Å². The first-order valence-corrected chi connectivity index (χ1v) is 7.96. The van der Waals surface area contributed by atoms with E-state index in [0.29, 0.717) is 11.9 Å². The normalized spacial score (nSPS) is 28.5. The van der Waals surface area contributed by atoms with Crippen LogP contribution in [0.4, 0.5) is 5.69 Å². The second kappa shape index (κ2) is 5.83. The number of hydrogen-bond acceptors (Lipinski definition) is 1. The minimum Gasteiger partial charge on any atom is -0.368 e. The molecule has 0 aliphatic carbocycles. The van der Waals surface area contributed by atoms with Crippen molar-refractivity contribution in [2.24, 2.45) is 11.8 Å². The van der Waals surface area contributed by atoms with Crippen LogP contribution >= 0.6 is 27.5 Å². The van der Waals surface area contributed by atoms with Crippen LogP contribution in [0.15, 0.2) is 22.7 Å². The maximum Gasteiger partial charge on any atom is 0.0485 e. The summed E-state index contributed by atoms with van der Waals surface area (Å²) < 4.78 is 1.12. The van der Waals surface area contributed by atoms with E-state index >= 15 is 0 Å². The Morgan fingerprint density at radius 1 is 1.33 bits per heavy atom. The average molecular weight is 331 g/mol. The van der Waals surface area contributed by atoms with E-state index < -0.39 is 0 Å². The average Bonchev–Trinajstić information content (AvgIpc) is 2.33. The molecule has 0 aromatic heterocycles. The Hall–Kier alpha value is -0.210. The lowest BCUT2D eigenvalue weighted by atomic mass is 9.85. The summed E-state index contributed by atoms with van der Waals surface area (Å²) in [4.78, 5) is 2.53. The molecule has 3 heteroatoms. The van der Waals surface area contributed by atoms with E-state index in [4.69, 9.17) is 11.6 Å². The molecule has 0 saturated carbocycles. The van der Waals surface area contributed by atoms with Crippen molar-refractivity contribution in [1.29, 1.82) is 0 Å². The molecule has 0 amide bonds. The lowest BCUT2D eigenvalue weighted by Crippen LogP contribution is -2.45. The molecule has 100 valence electrons. The predicted octanol–water partition coefficient (Wildman–Crippen LogP) is 5.06. The molecule has 1 fully saturated rings. The van der Waals surface area contributed by atoms with Gasteiger partial charge in [-0.2, -0.15) is 0 Å². The molecule has 1 aliphatic rings. The van der Waals surface area contributed by atoms with Crippen molar-refractivity contribution in [3.8, 4) is 0 Å². The smallest absolute Gasteiger partial charge is 0.0485 e. The zero-order valence-electron chi connectivity index (χ0n) is 11.3. The molecule has 3 atom stereocenters. The number of halogens is 2. The molecule has 3 unspecified atom stereocenters. The largest absolute Gasteiger partial charge is 0.368 e. The minimum absolute atomic E-state index is 0.559. The fourth-order valence-corrected chi connectivity index (χ4v) is 3.78. The van der Waals surface area contributed by atoms with E-state index in [1.807, 2.05) is 0 Å². The first-order valence-electron chi connectivity index (χ1n) is 6.64. The molecule has 1 nitrogen and oxygen atoms in total. The van der Waals surface area contributed by atoms with Gasteiger partial charge in [0.2, 0.25) is 0 Å². The Balaban J connectivity index is 2.27. The van der Waals surface area contributed by atoms with Gasteiger partial charge in [0.1, 0.15) is 0 Å². The van der Waals surface area contributed by atoms with Gasteiger partial charge in [-0.05, 0) is 42.9 Å². The lowest BCUT2D eigenvalue weighted by Gasteiger charge is -2.42. The first-order chi connectivity index (χ1) is 8.52. The van der Waals surface area contributed by atoms with Gasteiger partial charge in [-0.1, -0.05) is 35.8 Å². The Kier molecular flexibility index (Phi) is 4.60. The van der Waals surface area contributed by atoms with Crippen LogP contribution in [0, 0.1) is 11.8 Å². The van der Waals surface area contributed by atoms with Gasteiger partial charge in [0, 0.05) is 28.6 Å². The molecule has 1 aliphatic heterocycles. The highest BCUT2D eigenvalue weighted by Gasteiger charge is 2.28. The first kappa shape index (κ1) is 14.2. The quantitative estimate of drug-likeness (QED) is 0.685. The molecule has 0 bridgehead atoms. The molecule has 1 aromatic rings. The SMILES string of the molecule is CC1CC(C)C(C)N(c2ccc(CCl)c(Br)c2)C1. The van der Waals surface area contributed by atoms with E-state index in [0.717, 1.165) is 28.4 Å². The Labute approximate surface area is 124 Å². The number of alkyl halides is 1. The summed E-state index contributed by atoms with van der Waals surface area (Å²) >= 11 is 9.51. The van der Waals surface area contributed by atoms with Crippen molar-refractivity contribution in [3.05, 3.63) is 28.2 Å². The van der Waals surface area contributed by atoms with Crippen molar-refractivity contribution in [1.82, 2.24) is 0 Å². The van der Waals surface area contributed by atoms with E-state index in [2.05, 4.69) is 59.8 Å². The summed E-state index contributed by atoms with van der Waals surface area (Å²) in [5.74, 6) is 2.08. The molecular formula is C15H21BrClN. The molecule has 0 spiro atoms. The fourth-order valence-electron chi connectivity index (χ4n) is 2.88. The highest BCUT2D eigenvalue weighted by molar-refractivity contribution is 9.10. The Bertz CT molecular complexity index is 421. The van der Waals surface area contributed by atoms with Crippen molar-refractivity contribution in [2.45, 2.75) is 39.1 Å². The third-order valence-electron chi connectivity index (χ3n) is 4.11. The van der Waals surface area contributed by atoms with Crippen LogP contribution in [0.5, 0.6) is 0 Å². The summed E-state index contributed by atoms with van der Waals surface area (Å²) in [6, 6.07) is 7.14. The maximum absolute atomic E-state index is 5.90. The van der Waals surface area contributed by atoms with Gasteiger partial charge >= 0.3 is 0 Å². The number of hydrogen-bond donors (Lipinski definition) is 0. The number of piperidine rings is 1. The zero-order valence-corrected chi connectivity index (χ0v) is 13.6. The molecule has 0 N–H and O–H groups in total. The Morgan fingerprint density at radius 3 is 2.67 bits per heavy atom. The summed E-state index contributed by atoms with van der Waals surface area (Å²) in [7, 11) is 0. The highest BCUT2D eigenvalue weighted by atomic mass is 79.9. The number of benzene rings is 1. The third-order valence-corrected chi connectivity index (χ3v) is 5.14. The van der Waals surface area contributed by atoms with Crippen molar-refractivity contribution >= 4 is 33.2 Å². The molecule has 1 aromatic carbocycles. The van der Waals surface area contributed by atoms with Gasteiger partial charge < -0.3 is 4.90 Å². The summed E-state index contributed by atoms with van der Waals surface area (Å²) in [5.41, 5.74) is 2.47. The minimum atomic E-state index is 0.559. The lowest BCUT2D eigenvalue weighted by molar-refractivity contribution is 0.297. The van der Waals surface area contributed by atoms with Crippen molar-refractivity contribution in [3.63, 3.8) is 0 Å². The molecule has 1 saturated heterocycles. The monoisotopic (exact) mass is 329 g/mol. The summed E-state index contributed by atoms with van der Waals surface area (Å²) in [5, 5.41) is 0. The van der Waals surface area contributed by atoms with Gasteiger partial charge in [-0.25, -0.2) is 0 Å². The van der Waals surface area contributed by atoms with Crippen LogP contribution in [0.2, 0.25) is 0 Å². The van der Waals surface area contributed by atoms with Gasteiger partial charge in [0.15, 0.2) is 0 Å². The van der Waals surface area contributed by atoms with Crippen LogP contribution in [0.1, 0.15) is 32.8 Å². The number of anilines is 1. The maximum atomic E-state index is 5.90. The molecule has 18 heavy (non-hydrogen) atoms. The van der Waals surface area contributed by atoms with Crippen molar-refractivity contribution in [2.75, 3.05) is 11.4 Å². The van der Waals surface area contributed by atoms with E-state index in [9.17, 15) is 0 Å². The van der Waals surface area contributed by atoms with Crippen LogP contribution < -0.4 is 4.90 Å². The van der Waals surface area contributed by atoms with Crippen LogP contribution in [-0.4, -0.2) is 12.6 Å². The van der Waals surface area contributed by atoms with Crippen LogP contribution in [-0.2, 0) is 5.88 Å². The van der Waals surface area contributed by atoms with Crippen LogP contribution in [0.3, 0.4) is 0 Å². The predicted molar refractivity (Wildman–Crippen MR) is 83.5 cm³/mol. The summed E-state index contributed by atoms with van der Waals surface area (Å²) in [6.07, 6.45) is 1.33. The molecular weight excluding hydrogens is 310 g/mol. The summed E-state index contributed by atoms with van der Waals surface area (Å²) in [6.45, 7) is 8.19. The van der Waals surface area contributed by atoms with Gasteiger partial charge in [0.25, 0.3) is 0 Å². The molecule has 2 rings (SSSR count).